The van der Waals surface area contributed by atoms with Crippen LogP contribution in [-0.2, 0) is 6.42 Å². The summed E-state index contributed by atoms with van der Waals surface area (Å²) >= 11 is 0. The lowest BCUT2D eigenvalue weighted by Gasteiger charge is -2.34. The molecule has 0 radical (unpaired) electrons. The van der Waals surface area contributed by atoms with Crippen LogP contribution in [0.25, 0.3) is 0 Å². The highest BCUT2D eigenvalue weighted by Crippen LogP contribution is 2.31. The number of hydrogen-bond acceptors (Lipinski definition) is 1. The van der Waals surface area contributed by atoms with E-state index in [2.05, 4.69) is 43.4 Å². The Morgan fingerprint density at radius 3 is 2.65 bits per heavy atom. The van der Waals surface area contributed by atoms with E-state index < -0.39 is 0 Å². The van der Waals surface area contributed by atoms with Crippen LogP contribution in [0.1, 0.15) is 43.7 Å². The fourth-order valence-corrected chi connectivity index (χ4v) is 2.81. The molecule has 1 nitrogen and oxygen atoms in total. The van der Waals surface area contributed by atoms with Crippen molar-refractivity contribution in [2.45, 2.75) is 52.0 Å². The van der Waals surface area contributed by atoms with E-state index in [0.717, 1.165) is 18.5 Å². The molecule has 94 valence electrons. The topological polar surface area (TPSA) is 12.0 Å². The first-order valence-corrected chi connectivity index (χ1v) is 7.09. The number of nitrogens with one attached hydrogen (secondary N) is 1. The minimum Gasteiger partial charge on any atom is -0.314 e. The lowest BCUT2D eigenvalue weighted by molar-refractivity contribution is 0.222. The van der Waals surface area contributed by atoms with Gasteiger partial charge in [-0.2, -0.15) is 0 Å². The van der Waals surface area contributed by atoms with E-state index in [1.54, 1.807) is 0 Å². The fourth-order valence-electron chi connectivity index (χ4n) is 2.81. The van der Waals surface area contributed by atoms with E-state index in [1.807, 2.05) is 0 Å². The zero-order valence-electron chi connectivity index (χ0n) is 11.2. The van der Waals surface area contributed by atoms with Crippen molar-refractivity contribution in [3.8, 4) is 0 Å². The second-order valence-corrected chi connectivity index (χ2v) is 5.32. The molecule has 1 aromatic carbocycles. The van der Waals surface area contributed by atoms with E-state index >= 15 is 0 Å². The van der Waals surface area contributed by atoms with Gasteiger partial charge in [0.1, 0.15) is 0 Å². The molecule has 0 aromatic heterocycles. The average molecular weight is 231 g/mol. The molecule has 1 fully saturated rings. The van der Waals surface area contributed by atoms with Crippen molar-refractivity contribution in [1.82, 2.24) is 5.32 Å². The van der Waals surface area contributed by atoms with Crippen LogP contribution in [0, 0.1) is 12.8 Å². The molecule has 1 aliphatic carbocycles. The maximum atomic E-state index is 3.67. The predicted molar refractivity (Wildman–Crippen MR) is 74.3 cm³/mol. The van der Waals surface area contributed by atoms with Crippen molar-refractivity contribution in [3.05, 3.63) is 35.4 Å². The van der Waals surface area contributed by atoms with Crippen molar-refractivity contribution < 1.29 is 0 Å². The van der Waals surface area contributed by atoms with Gasteiger partial charge in [-0.3, -0.25) is 0 Å². The Bertz CT molecular complexity index is 341. The largest absolute Gasteiger partial charge is 0.314 e. The van der Waals surface area contributed by atoms with Crippen LogP contribution >= 0.6 is 0 Å². The van der Waals surface area contributed by atoms with Gasteiger partial charge in [-0.05, 0) is 56.2 Å². The van der Waals surface area contributed by atoms with Crippen molar-refractivity contribution in [2.24, 2.45) is 5.92 Å². The molecule has 1 aliphatic rings. The normalized spacial score (nSPS) is 17.8. The Hall–Kier alpha value is -0.820. The lowest BCUT2D eigenvalue weighted by atomic mass is 9.77. The molecular formula is C16H25N. The number of aryl methyl sites for hydroxylation is 2. The van der Waals surface area contributed by atoms with Crippen LogP contribution in [0.4, 0.5) is 0 Å². The summed E-state index contributed by atoms with van der Waals surface area (Å²) < 4.78 is 0. The second kappa shape index (κ2) is 6.20. The Kier molecular flexibility index (Phi) is 4.61. The molecule has 0 heterocycles. The highest BCUT2D eigenvalue weighted by atomic mass is 14.9. The maximum absolute atomic E-state index is 3.67. The highest BCUT2D eigenvalue weighted by molar-refractivity contribution is 5.25. The highest BCUT2D eigenvalue weighted by Gasteiger charge is 2.26. The van der Waals surface area contributed by atoms with E-state index in [1.165, 1.54) is 43.2 Å². The first-order chi connectivity index (χ1) is 8.31. The molecule has 2 rings (SSSR count). The summed E-state index contributed by atoms with van der Waals surface area (Å²) in [5.41, 5.74) is 2.96. The summed E-state index contributed by atoms with van der Waals surface area (Å²) in [5, 5.41) is 3.67. The van der Waals surface area contributed by atoms with Crippen LogP contribution in [0.5, 0.6) is 0 Å². The number of hydrogen-bond donors (Lipinski definition) is 1. The van der Waals surface area contributed by atoms with Crippen molar-refractivity contribution in [2.75, 3.05) is 6.54 Å². The lowest BCUT2D eigenvalue weighted by Crippen LogP contribution is -2.39. The molecule has 1 aromatic rings. The van der Waals surface area contributed by atoms with Gasteiger partial charge in [0.25, 0.3) is 0 Å². The Balaban J connectivity index is 1.88. The molecule has 1 atom stereocenters. The van der Waals surface area contributed by atoms with E-state index in [0.29, 0.717) is 0 Å². The van der Waals surface area contributed by atoms with Crippen LogP contribution in [-0.4, -0.2) is 12.6 Å². The molecule has 0 amide bonds. The van der Waals surface area contributed by atoms with Gasteiger partial charge in [0.15, 0.2) is 0 Å². The number of benzene rings is 1. The summed E-state index contributed by atoms with van der Waals surface area (Å²) in [5.74, 6) is 0.943. The molecular weight excluding hydrogens is 206 g/mol. The summed E-state index contributed by atoms with van der Waals surface area (Å²) in [6.07, 6.45) is 6.83. The standard InChI is InChI=1S/C16H25N/c1-3-17-16(15-9-6-10-15)12-11-14-8-5-4-7-13(14)2/h4-5,7-8,15-17H,3,6,9-12H2,1-2H3. The summed E-state index contributed by atoms with van der Waals surface area (Å²) in [6, 6.07) is 9.54. The minimum absolute atomic E-state index is 0.744. The Morgan fingerprint density at radius 2 is 2.06 bits per heavy atom. The molecule has 1 unspecified atom stereocenters. The van der Waals surface area contributed by atoms with Gasteiger partial charge in [-0.1, -0.05) is 37.6 Å². The average Bonchev–Trinajstić information content (AvgIpc) is 2.25. The molecule has 1 saturated carbocycles. The van der Waals surface area contributed by atoms with Crippen LogP contribution in [0.15, 0.2) is 24.3 Å². The molecule has 0 saturated heterocycles. The van der Waals surface area contributed by atoms with Crippen molar-refractivity contribution in [3.63, 3.8) is 0 Å². The van der Waals surface area contributed by atoms with Gasteiger partial charge >= 0.3 is 0 Å². The van der Waals surface area contributed by atoms with Crippen LogP contribution in [0.3, 0.4) is 0 Å². The minimum atomic E-state index is 0.744. The quantitative estimate of drug-likeness (QED) is 0.787. The predicted octanol–water partition coefficient (Wildman–Crippen LogP) is 3.71. The molecule has 1 heteroatoms. The SMILES string of the molecule is CCNC(CCc1ccccc1C)C1CCC1. The Labute approximate surface area is 106 Å². The van der Waals surface area contributed by atoms with E-state index in [-0.39, 0.29) is 0 Å². The molecule has 17 heavy (non-hydrogen) atoms. The van der Waals surface area contributed by atoms with Gasteiger partial charge in [-0.15, -0.1) is 0 Å². The van der Waals surface area contributed by atoms with Crippen molar-refractivity contribution in [1.29, 1.82) is 0 Å². The van der Waals surface area contributed by atoms with E-state index in [9.17, 15) is 0 Å². The summed E-state index contributed by atoms with van der Waals surface area (Å²) in [4.78, 5) is 0. The van der Waals surface area contributed by atoms with Crippen molar-refractivity contribution >= 4 is 0 Å². The van der Waals surface area contributed by atoms with Gasteiger partial charge < -0.3 is 5.32 Å². The van der Waals surface area contributed by atoms with Crippen LogP contribution < -0.4 is 5.32 Å². The molecule has 0 aliphatic heterocycles. The zero-order valence-corrected chi connectivity index (χ0v) is 11.2. The summed E-state index contributed by atoms with van der Waals surface area (Å²) in [6.45, 7) is 5.55. The van der Waals surface area contributed by atoms with Crippen LogP contribution in [0.2, 0.25) is 0 Å². The maximum Gasteiger partial charge on any atom is 0.00983 e. The number of rotatable bonds is 6. The zero-order chi connectivity index (χ0) is 12.1. The smallest absolute Gasteiger partial charge is 0.00983 e. The third kappa shape index (κ3) is 3.32. The molecule has 1 N–H and O–H groups in total. The molecule has 0 bridgehead atoms. The first kappa shape index (κ1) is 12.6. The second-order valence-electron chi connectivity index (χ2n) is 5.32. The molecule has 0 spiro atoms. The van der Waals surface area contributed by atoms with Gasteiger partial charge in [0.05, 0.1) is 0 Å². The fraction of sp³-hybridized carbons (Fsp3) is 0.625. The monoisotopic (exact) mass is 231 g/mol. The van der Waals surface area contributed by atoms with Gasteiger partial charge in [-0.25, -0.2) is 0 Å². The van der Waals surface area contributed by atoms with Gasteiger partial charge in [0, 0.05) is 6.04 Å². The first-order valence-electron chi connectivity index (χ1n) is 7.09. The van der Waals surface area contributed by atoms with Gasteiger partial charge in [0.2, 0.25) is 0 Å². The summed E-state index contributed by atoms with van der Waals surface area (Å²) in [7, 11) is 0. The third-order valence-electron chi connectivity index (χ3n) is 4.17. The Morgan fingerprint density at radius 1 is 1.29 bits per heavy atom. The van der Waals surface area contributed by atoms with E-state index in [4.69, 9.17) is 0 Å². The third-order valence-corrected chi connectivity index (χ3v) is 4.17.